The quantitative estimate of drug-likeness (QED) is 0.637. The summed E-state index contributed by atoms with van der Waals surface area (Å²) in [4.78, 5) is 0. The first-order chi connectivity index (χ1) is 6.36. The number of nitrogens with one attached hydrogen (secondary N) is 1. The third-order valence-electron chi connectivity index (χ3n) is 2.38. The number of β-amino-alcohol motifs (C(OH)–C–C–N with tert-alkyl or cyclic N) is 1. The number of benzene rings is 1. The maximum absolute atomic E-state index is 8.85. The standard InChI is InChI=1S/C6H4.C5H11NO/c1-2-5-4-6(5)3-1;7-5-2-1-3-6-4-5/h1-4H;5-7H,1-4H2. The molecule has 1 fully saturated rings. The Hall–Kier alpha value is -0.860. The van der Waals surface area contributed by atoms with Crippen molar-refractivity contribution in [3.63, 3.8) is 0 Å². The van der Waals surface area contributed by atoms with E-state index in [1.165, 1.54) is 11.1 Å². The molecule has 2 aliphatic carbocycles. The molecule has 1 saturated heterocycles. The summed E-state index contributed by atoms with van der Waals surface area (Å²) in [6, 6.07) is 8.48. The number of aliphatic hydroxyl groups excluding tert-OH is 1. The highest BCUT2D eigenvalue weighted by atomic mass is 16.3. The van der Waals surface area contributed by atoms with Gasteiger partial charge in [-0.15, -0.1) is 0 Å². The highest BCUT2D eigenvalue weighted by Crippen LogP contribution is 2.32. The van der Waals surface area contributed by atoms with Crippen molar-refractivity contribution in [1.82, 2.24) is 5.32 Å². The van der Waals surface area contributed by atoms with Crippen LogP contribution in [0.3, 0.4) is 0 Å². The number of hydrogen-bond donors (Lipinski definition) is 2. The molecule has 2 N–H and O–H groups in total. The van der Waals surface area contributed by atoms with Crippen molar-refractivity contribution in [2.24, 2.45) is 0 Å². The molecule has 0 bridgehead atoms. The van der Waals surface area contributed by atoms with Crippen molar-refractivity contribution in [2.45, 2.75) is 18.9 Å². The van der Waals surface area contributed by atoms with Crippen LogP contribution in [0.2, 0.25) is 0 Å². The predicted octanol–water partition coefficient (Wildman–Crippen LogP) is 1.40. The second-order valence-corrected chi connectivity index (χ2v) is 3.58. The average molecular weight is 177 g/mol. The molecule has 1 atom stereocenters. The number of aliphatic hydroxyl groups is 1. The Morgan fingerprint density at radius 3 is 2.31 bits per heavy atom. The van der Waals surface area contributed by atoms with Crippen molar-refractivity contribution >= 4 is 0 Å². The zero-order valence-corrected chi connectivity index (χ0v) is 7.66. The molecule has 2 nitrogen and oxygen atoms in total. The highest BCUT2D eigenvalue weighted by Gasteiger charge is 2.07. The first-order valence-electron chi connectivity index (χ1n) is 4.85. The first-order valence-corrected chi connectivity index (χ1v) is 4.85. The van der Waals surface area contributed by atoms with Crippen LogP contribution < -0.4 is 5.32 Å². The Kier molecular flexibility index (Phi) is 2.62. The molecule has 1 aliphatic heterocycles. The summed E-state index contributed by atoms with van der Waals surface area (Å²) < 4.78 is 0. The van der Waals surface area contributed by atoms with Crippen LogP contribution in [0.25, 0.3) is 11.1 Å². The summed E-state index contributed by atoms with van der Waals surface area (Å²) >= 11 is 0. The van der Waals surface area contributed by atoms with Crippen molar-refractivity contribution in [3.05, 3.63) is 24.3 Å². The zero-order chi connectivity index (χ0) is 9.10. The maximum atomic E-state index is 8.85. The fourth-order valence-corrected chi connectivity index (χ4v) is 1.51. The summed E-state index contributed by atoms with van der Waals surface area (Å²) in [5.74, 6) is 0. The van der Waals surface area contributed by atoms with Gasteiger partial charge in [0.15, 0.2) is 0 Å². The molecule has 13 heavy (non-hydrogen) atoms. The van der Waals surface area contributed by atoms with Crippen LogP contribution in [-0.2, 0) is 0 Å². The Labute approximate surface area is 78.6 Å². The van der Waals surface area contributed by atoms with E-state index >= 15 is 0 Å². The Morgan fingerprint density at radius 2 is 2.08 bits per heavy atom. The molecular weight excluding hydrogens is 162 g/mol. The lowest BCUT2D eigenvalue weighted by Crippen LogP contribution is -2.33. The van der Waals surface area contributed by atoms with E-state index in [1.54, 1.807) is 0 Å². The van der Waals surface area contributed by atoms with Crippen molar-refractivity contribution in [3.8, 4) is 11.1 Å². The smallest absolute Gasteiger partial charge is 0.0665 e. The maximum Gasteiger partial charge on any atom is 0.0665 e. The summed E-state index contributed by atoms with van der Waals surface area (Å²) in [5.41, 5.74) is 2.85. The molecule has 0 spiro atoms. The number of piperidine rings is 1. The average Bonchev–Trinajstić information content (AvgIpc) is 2.76. The van der Waals surface area contributed by atoms with Gasteiger partial charge in [-0.05, 0) is 36.6 Å². The van der Waals surface area contributed by atoms with Gasteiger partial charge >= 0.3 is 0 Å². The summed E-state index contributed by atoms with van der Waals surface area (Å²) in [6.07, 6.45) is 2.03. The van der Waals surface area contributed by atoms with Crippen molar-refractivity contribution in [1.29, 1.82) is 0 Å². The van der Waals surface area contributed by atoms with Crippen LogP contribution in [0.1, 0.15) is 12.8 Å². The Bertz CT molecular complexity index is 262. The van der Waals surface area contributed by atoms with Crippen LogP contribution in [0.15, 0.2) is 24.3 Å². The van der Waals surface area contributed by atoms with Crippen LogP contribution in [-0.4, -0.2) is 24.3 Å². The molecule has 1 unspecified atom stereocenters. The van der Waals surface area contributed by atoms with Crippen molar-refractivity contribution < 1.29 is 5.11 Å². The summed E-state index contributed by atoms with van der Waals surface area (Å²) in [5, 5.41) is 11.9. The second-order valence-electron chi connectivity index (χ2n) is 3.58. The topological polar surface area (TPSA) is 32.3 Å². The summed E-state index contributed by atoms with van der Waals surface area (Å²) in [6.45, 7) is 1.87. The van der Waals surface area contributed by atoms with Crippen molar-refractivity contribution in [2.75, 3.05) is 13.1 Å². The molecule has 0 aromatic heterocycles. The highest BCUT2D eigenvalue weighted by molar-refractivity contribution is 5.80. The normalized spacial score (nSPS) is 23.0. The van der Waals surface area contributed by atoms with E-state index < -0.39 is 0 Å². The minimum Gasteiger partial charge on any atom is -0.392 e. The van der Waals surface area contributed by atoms with E-state index in [4.69, 9.17) is 5.11 Å². The van der Waals surface area contributed by atoms with Gasteiger partial charge in [-0.25, -0.2) is 0 Å². The van der Waals surface area contributed by atoms with E-state index in [0.29, 0.717) is 0 Å². The monoisotopic (exact) mass is 177 g/mol. The van der Waals surface area contributed by atoms with Gasteiger partial charge in [0.05, 0.1) is 6.10 Å². The third kappa shape index (κ3) is 2.54. The molecule has 0 amide bonds. The van der Waals surface area contributed by atoms with Gasteiger partial charge in [-0.1, -0.05) is 18.2 Å². The third-order valence-corrected chi connectivity index (χ3v) is 2.38. The Balaban J connectivity index is 0.000000101. The van der Waals surface area contributed by atoms with E-state index in [2.05, 4.69) is 29.6 Å². The zero-order valence-electron chi connectivity index (χ0n) is 7.66. The minimum absolute atomic E-state index is 0.0752. The van der Waals surface area contributed by atoms with Gasteiger partial charge in [-0.2, -0.15) is 0 Å². The van der Waals surface area contributed by atoms with Gasteiger partial charge in [0.1, 0.15) is 0 Å². The van der Waals surface area contributed by atoms with Gasteiger partial charge in [0, 0.05) is 6.54 Å². The molecule has 3 aliphatic rings. The molecule has 0 radical (unpaired) electrons. The van der Waals surface area contributed by atoms with Gasteiger partial charge in [0.25, 0.3) is 0 Å². The Morgan fingerprint density at radius 1 is 1.31 bits per heavy atom. The van der Waals surface area contributed by atoms with E-state index in [-0.39, 0.29) is 6.10 Å². The number of hydrogen-bond acceptors (Lipinski definition) is 2. The molecule has 1 heterocycles. The lowest BCUT2D eigenvalue weighted by Gasteiger charge is -2.16. The fourth-order valence-electron chi connectivity index (χ4n) is 1.51. The fraction of sp³-hybridized carbons (Fsp3) is 0.455. The molecule has 0 aromatic rings. The minimum atomic E-state index is -0.0752. The molecular formula is C11H15NO. The van der Waals surface area contributed by atoms with E-state index in [1.807, 2.05) is 0 Å². The lowest BCUT2D eigenvalue weighted by atomic mass is 10.1. The molecule has 70 valence electrons. The van der Waals surface area contributed by atoms with E-state index in [9.17, 15) is 0 Å². The van der Waals surface area contributed by atoms with Gasteiger partial charge in [0.2, 0.25) is 0 Å². The van der Waals surface area contributed by atoms with E-state index in [0.717, 1.165) is 25.9 Å². The van der Waals surface area contributed by atoms with Crippen LogP contribution in [0, 0.1) is 0 Å². The SMILES string of the molecule is OC1CCCNC1.c1cc2cc-2c1. The number of fused-ring (bicyclic) bond motifs is 1. The molecule has 3 rings (SSSR count). The number of rotatable bonds is 0. The molecule has 0 aromatic carbocycles. The van der Waals surface area contributed by atoms with Crippen LogP contribution >= 0.6 is 0 Å². The lowest BCUT2D eigenvalue weighted by molar-refractivity contribution is 0.142. The van der Waals surface area contributed by atoms with Crippen LogP contribution in [0.4, 0.5) is 0 Å². The predicted molar refractivity (Wildman–Crippen MR) is 53.5 cm³/mol. The largest absolute Gasteiger partial charge is 0.392 e. The van der Waals surface area contributed by atoms with Crippen LogP contribution in [0.5, 0.6) is 0 Å². The van der Waals surface area contributed by atoms with Gasteiger partial charge in [-0.3, -0.25) is 0 Å². The second kappa shape index (κ2) is 3.90. The first kappa shape index (κ1) is 8.73. The molecule has 0 saturated carbocycles. The van der Waals surface area contributed by atoms with Gasteiger partial charge < -0.3 is 10.4 Å². The summed E-state index contributed by atoms with van der Waals surface area (Å²) in [7, 11) is 0. The molecule has 2 heteroatoms.